The zero-order valence-corrected chi connectivity index (χ0v) is 13.3. The Kier molecular flexibility index (Phi) is 4.85. The summed E-state index contributed by atoms with van der Waals surface area (Å²) in [6.45, 7) is 9.54. The van der Waals surface area contributed by atoms with Crippen molar-refractivity contribution in [1.29, 1.82) is 0 Å². The van der Waals surface area contributed by atoms with Crippen LogP contribution in [0.25, 0.3) is 0 Å². The Morgan fingerprint density at radius 2 is 2.00 bits per heavy atom. The lowest BCUT2D eigenvalue weighted by Crippen LogP contribution is -2.58. The second-order valence-electron chi connectivity index (χ2n) is 5.95. The van der Waals surface area contributed by atoms with Crippen molar-refractivity contribution in [3.8, 4) is 5.75 Å². The number of aryl methyl sites for hydroxylation is 1. The highest BCUT2D eigenvalue weighted by Crippen LogP contribution is 2.27. The summed E-state index contributed by atoms with van der Waals surface area (Å²) in [5.41, 5.74) is 1.27. The first-order chi connectivity index (χ1) is 9.95. The van der Waals surface area contributed by atoms with E-state index in [9.17, 15) is 4.79 Å². The molecule has 1 aromatic carbocycles. The third kappa shape index (κ3) is 3.54. The van der Waals surface area contributed by atoms with Crippen molar-refractivity contribution in [1.82, 2.24) is 10.2 Å². The first-order valence-corrected chi connectivity index (χ1v) is 7.37. The van der Waals surface area contributed by atoms with Gasteiger partial charge in [0.15, 0.2) is 0 Å². The van der Waals surface area contributed by atoms with Crippen LogP contribution in [0, 0.1) is 6.92 Å². The predicted molar refractivity (Wildman–Crippen MR) is 84.9 cm³/mol. The third-order valence-electron chi connectivity index (χ3n) is 4.07. The Bertz CT molecular complexity index is 508. The van der Waals surface area contributed by atoms with E-state index in [0.717, 1.165) is 37.4 Å². The number of anilines is 1. The van der Waals surface area contributed by atoms with Crippen molar-refractivity contribution in [3.63, 3.8) is 0 Å². The second-order valence-corrected chi connectivity index (χ2v) is 5.95. The Morgan fingerprint density at radius 1 is 1.33 bits per heavy atom. The number of methoxy groups -OCH3 is 1. The molecule has 1 aliphatic heterocycles. The van der Waals surface area contributed by atoms with Crippen molar-refractivity contribution in [2.45, 2.75) is 26.3 Å². The van der Waals surface area contributed by atoms with Gasteiger partial charge in [-0.3, -0.25) is 9.69 Å². The quantitative estimate of drug-likeness (QED) is 0.885. The molecule has 116 valence electrons. The van der Waals surface area contributed by atoms with E-state index in [2.05, 4.69) is 15.5 Å². The molecule has 0 saturated carbocycles. The maximum absolute atomic E-state index is 12.7. The molecule has 1 aromatic rings. The maximum Gasteiger partial charge on any atom is 0.244 e. The number of hydrogen-bond donors (Lipinski definition) is 2. The number of benzene rings is 1. The Hall–Kier alpha value is -1.59. The van der Waals surface area contributed by atoms with Crippen LogP contribution >= 0.6 is 0 Å². The highest BCUT2D eigenvalue weighted by Gasteiger charge is 2.35. The molecule has 1 saturated heterocycles. The summed E-state index contributed by atoms with van der Waals surface area (Å²) in [5.74, 6) is 0.679. The molecule has 1 heterocycles. The molecule has 0 spiro atoms. The van der Waals surface area contributed by atoms with Gasteiger partial charge in [0.25, 0.3) is 0 Å². The highest BCUT2D eigenvalue weighted by molar-refractivity contribution is 5.98. The van der Waals surface area contributed by atoms with Crippen LogP contribution in [0.5, 0.6) is 5.75 Å². The van der Waals surface area contributed by atoms with Crippen molar-refractivity contribution >= 4 is 11.6 Å². The van der Waals surface area contributed by atoms with E-state index in [0.29, 0.717) is 5.75 Å². The van der Waals surface area contributed by atoms with E-state index < -0.39 is 5.54 Å². The van der Waals surface area contributed by atoms with Crippen LogP contribution in [0.15, 0.2) is 18.2 Å². The fourth-order valence-electron chi connectivity index (χ4n) is 2.56. The lowest BCUT2D eigenvalue weighted by molar-refractivity contribution is -0.126. The van der Waals surface area contributed by atoms with Gasteiger partial charge in [-0.2, -0.15) is 0 Å². The third-order valence-corrected chi connectivity index (χ3v) is 4.07. The van der Waals surface area contributed by atoms with Gasteiger partial charge >= 0.3 is 0 Å². The first-order valence-electron chi connectivity index (χ1n) is 7.37. The normalized spacial score (nSPS) is 16.6. The molecule has 21 heavy (non-hydrogen) atoms. The summed E-state index contributed by atoms with van der Waals surface area (Å²) in [5, 5.41) is 6.32. The zero-order valence-electron chi connectivity index (χ0n) is 13.3. The number of nitrogens with zero attached hydrogens (tertiary/aromatic N) is 1. The van der Waals surface area contributed by atoms with Gasteiger partial charge in [0.1, 0.15) is 5.75 Å². The van der Waals surface area contributed by atoms with Crippen LogP contribution in [-0.2, 0) is 4.79 Å². The number of carbonyl (C=O) groups is 1. The molecule has 1 amide bonds. The zero-order chi connectivity index (χ0) is 15.5. The van der Waals surface area contributed by atoms with Gasteiger partial charge in [0, 0.05) is 26.2 Å². The molecule has 2 rings (SSSR count). The van der Waals surface area contributed by atoms with E-state index in [-0.39, 0.29) is 5.91 Å². The number of hydrogen-bond acceptors (Lipinski definition) is 4. The van der Waals surface area contributed by atoms with E-state index in [1.807, 2.05) is 39.0 Å². The largest absolute Gasteiger partial charge is 0.495 e. The summed E-state index contributed by atoms with van der Waals surface area (Å²) in [6.07, 6.45) is 0. The average molecular weight is 291 g/mol. The summed E-state index contributed by atoms with van der Waals surface area (Å²) < 4.78 is 5.32. The molecular weight excluding hydrogens is 266 g/mol. The molecule has 0 aromatic heterocycles. The van der Waals surface area contributed by atoms with Crippen LogP contribution < -0.4 is 15.4 Å². The Labute approximate surface area is 126 Å². The summed E-state index contributed by atoms with van der Waals surface area (Å²) in [7, 11) is 1.61. The van der Waals surface area contributed by atoms with E-state index in [1.54, 1.807) is 7.11 Å². The number of piperazine rings is 1. The lowest BCUT2D eigenvalue weighted by atomic mass is 10.00. The first kappa shape index (κ1) is 15.8. The SMILES string of the molecule is COc1ccc(C)cc1NC(=O)C(C)(C)N1CCNCC1. The molecule has 0 unspecified atom stereocenters. The minimum absolute atomic E-state index is 0.00620. The van der Waals surface area contributed by atoms with Gasteiger partial charge in [-0.1, -0.05) is 6.07 Å². The van der Waals surface area contributed by atoms with Crippen molar-refractivity contribution in [3.05, 3.63) is 23.8 Å². The highest BCUT2D eigenvalue weighted by atomic mass is 16.5. The maximum atomic E-state index is 12.7. The van der Waals surface area contributed by atoms with Crippen molar-refractivity contribution < 1.29 is 9.53 Å². The predicted octanol–water partition coefficient (Wildman–Crippen LogP) is 1.63. The minimum atomic E-state index is -0.545. The molecule has 0 aliphatic carbocycles. The number of rotatable bonds is 4. The smallest absolute Gasteiger partial charge is 0.244 e. The summed E-state index contributed by atoms with van der Waals surface area (Å²) >= 11 is 0. The summed E-state index contributed by atoms with van der Waals surface area (Å²) in [6, 6.07) is 5.78. The molecule has 5 heteroatoms. The molecule has 1 aliphatic rings. The van der Waals surface area contributed by atoms with Crippen LogP contribution in [0.4, 0.5) is 5.69 Å². The molecule has 0 bridgehead atoms. The van der Waals surface area contributed by atoms with Crippen LogP contribution in [0.1, 0.15) is 19.4 Å². The molecular formula is C16H25N3O2. The van der Waals surface area contributed by atoms with E-state index in [1.165, 1.54) is 0 Å². The van der Waals surface area contributed by atoms with Crippen LogP contribution in [0.3, 0.4) is 0 Å². The van der Waals surface area contributed by atoms with Gasteiger partial charge < -0.3 is 15.4 Å². The van der Waals surface area contributed by atoms with E-state index in [4.69, 9.17) is 4.74 Å². The fraction of sp³-hybridized carbons (Fsp3) is 0.562. The van der Waals surface area contributed by atoms with Crippen molar-refractivity contribution in [2.24, 2.45) is 0 Å². The molecule has 0 radical (unpaired) electrons. The van der Waals surface area contributed by atoms with Crippen LogP contribution in [-0.4, -0.2) is 49.6 Å². The number of ether oxygens (including phenoxy) is 1. The van der Waals surface area contributed by atoms with Gasteiger partial charge in [0.2, 0.25) is 5.91 Å². The number of carbonyl (C=O) groups excluding carboxylic acids is 1. The molecule has 2 N–H and O–H groups in total. The fourth-order valence-corrected chi connectivity index (χ4v) is 2.56. The second kappa shape index (κ2) is 6.45. The summed E-state index contributed by atoms with van der Waals surface area (Å²) in [4.78, 5) is 14.9. The van der Waals surface area contributed by atoms with Gasteiger partial charge in [0.05, 0.1) is 18.3 Å². The molecule has 5 nitrogen and oxygen atoms in total. The van der Waals surface area contributed by atoms with Gasteiger partial charge in [-0.25, -0.2) is 0 Å². The Morgan fingerprint density at radius 3 is 2.62 bits per heavy atom. The minimum Gasteiger partial charge on any atom is -0.495 e. The van der Waals surface area contributed by atoms with Gasteiger partial charge in [-0.05, 0) is 38.5 Å². The number of nitrogens with one attached hydrogen (secondary N) is 2. The molecule has 0 atom stereocenters. The monoisotopic (exact) mass is 291 g/mol. The Balaban J connectivity index is 2.14. The standard InChI is InChI=1S/C16H25N3O2/c1-12-5-6-14(21-4)13(11-12)18-15(20)16(2,3)19-9-7-17-8-10-19/h5-6,11,17H,7-10H2,1-4H3,(H,18,20). The molecule has 1 fully saturated rings. The topological polar surface area (TPSA) is 53.6 Å². The van der Waals surface area contributed by atoms with Gasteiger partial charge in [-0.15, -0.1) is 0 Å². The van der Waals surface area contributed by atoms with Crippen molar-refractivity contribution in [2.75, 3.05) is 38.6 Å². The van der Waals surface area contributed by atoms with Crippen LogP contribution in [0.2, 0.25) is 0 Å². The lowest BCUT2D eigenvalue weighted by Gasteiger charge is -2.39. The number of amides is 1. The average Bonchev–Trinajstić information content (AvgIpc) is 2.48. The van der Waals surface area contributed by atoms with E-state index >= 15 is 0 Å².